The first-order valence-electron chi connectivity index (χ1n) is 9.60. The molecule has 4 aromatic carbocycles. The maximum Gasteiger partial charge on any atom is 0.0454 e. The van der Waals surface area contributed by atoms with Crippen LogP contribution in [0.25, 0.3) is 0 Å². The summed E-state index contributed by atoms with van der Waals surface area (Å²) in [5, 5.41) is 0. The van der Waals surface area contributed by atoms with E-state index in [1.807, 2.05) is 0 Å². The highest BCUT2D eigenvalue weighted by atomic mass is 14.4. The van der Waals surface area contributed by atoms with Gasteiger partial charge in [0.2, 0.25) is 0 Å². The summed E-state index contributed by atoms with van der Waals surface area (Å²) in [5.41, 5.74) is 5.25. The van der Waals surface area contributed by atoms with E-state index >= 15 is 0 Å². The smallest absolute Gasteiger partial charge is 0.0454 e. The first-order valence-corrected chi connectivity index (χ1v) is 9.60. The molecule has 4 rings (SSSR count). The van der Waals surface area contributed by atoms with Gasteiger partial charge in [0, 0.05) is 5.41 Å². The quantitative estimate of drug-likeness (QED) is 0.342. The fourth-order valence-electron chi connectivity index (χ4n) is 4.08. The van der Waals surface area contributed by atoms with Crippen molar-refractivity contribution in [3.63, 3.8) is 0 Å². The number of hydrogen-bond acceptors (Lipinski definition) is 0. The molecule has 0 heterocycles. The summed E-state index contributed by atoms with van der Waals surface area (Å²) < 4.78 is 0. The fourth-order valence-corrected chi connectivity index (χ4v) is 4.08. The fraction of sp³-hybridized carbons (Fsp3) is 0.111. The van der Waals surface area contributed by atoms with Crippen LogP contribution in [0.1, 0.15) is 28.7 Å². The Morgan fingerprint density at radius 1 is 0.407 bits per heavy atom. The summed E-state index contributed by atoms with van der Waals surface area (Å²) >= 11 is 0. The molecule has 0 aromatic heterocycles. The average molecular weight is 348 g/mol. The summed E-state index contributed by atoms with van der Waals surface area (Å²) in [6, 6.07) is 43.6. The van der Waals surface area contributed by atoms with E-state index in [-0.39, 0.29) is 5.41 Å². The third-order valence-electron chi connectivity index (χ3n) is 5.43. The van der Waals surface area contributed by atoms with E-state index in [2.05, 4.69) is 121 Å². The SMILES string of the molecule is c1ccc(CCC(c2ccccc2)(c2ccccc2)c2ccccc2)cc1. The molecule has 0 aliphatic heterocycles. The topological polar surface area (TPSA) is 0 Å². The molecular weight excluding hydrogens is 324 g/mol. The van der Waals surface area contributed by atoms with Crippen LogP contribution in [0.3, 0.4) is 0 Å². The van der Waals surface area contributed by atoms with Crippen LogP contribution in [-0.4, -0.2) is 0 Å². The van der Waals surface area contributed by atoms with Gasteiger partial charge in [0.15, 0.2) is 0 Å². The molecule has 0 N–H and O–H groups in total. The molecule has 0 amide bonds. The van der Waals surface area contributed by atoms with Gasteiger partial charge in [-0.15, -0.1) is 0 Å². The standard InChI is InChI=1S/C27H24/c1-5-13-23(14-6-1)21-22-27(24-15-7-2-8-16-24,25-17-9-3-10-18-25)26-19-11-4-12-20-26/h1-20H,21-22H2. The van der Waals surface area contributed by atoms with Crippen molar-refractivity contribution in [1.29, 1.82) is 0 Å². The van der Waals surface area contributed by atoms with Gasteiger partial charge in [0.05, 0.1) is 0 Å². The van der Waals surface area contributed by atoms with Gasteiger partial charge in [-0.25, -0.2) is 0 Å². The van der Waals surface area contributed by atoms with Gasteiger partial charge in [0.25, 0.3) is 0 Å². The monoisotopic (exact) mass is 348 g/mol. The molecular formula is C27H24. The van der Waals surface area contributed by atoms with Crippen LogP contribution in [0.15, 0.2) is 121 Å². The second kappa shape index (κ2) is 8.05. The molecule has 0 heteroatoms. The van der Waals surface area contributed by atoms with Crippen LogP contribution in [0.2, 0.25) is 0 Å². The van der Waals surface area contributed by atoms with Crippen molar-refractivity contribution in [2.24, 2.45) is 0 Å². The van der Waals surface area contributed by atoms with Crippen LogP contribution in [0.5, 0.6) is 0 Å². The van der Waals surface area contributed by atoms with Crippen molar-refractivity contribution in [2.75, 3.05) is 0 Å². The minimum atomic E-state index is -0.167. The third kappa shape index (κ3) is 3.57. The molecule has 0 unspecified atom stereocenters. The van der Waals surface area contributed by atoms with Crippen LogP contribution in [0, 0.1) is 0 Å². The third-order valence-corrected chi connectivity index (χ3v) is 5.43. The Labute approximate surface area is 162 Å². The molecule has 27 heavy (non-hydrogen) atoms. The molecule has 4 aromatic rings. The summed E-state index contributed by atoms with van der Waals surface area (Å²) in [4.78, 5) is 0. The van der Waals surface area contributed by atoms with Gasteiger partial charge < -0.3 is 0 Å². The Balaban J connectivity index is 1.89. The maximum atomic E-state index is 2.27. The van der Waals surface area contributed by atoms with Crippen molar-refractivity contribution in [3.05, 3.63) is 144 Å². The van der Waals surface area contributed by atoms with Gasteiger partial charge >= 0.3 is 0 Å². The second-order valence-corrected chi connectivity index (χ2v) is 6.99. The lowest BCUT2D eigenvalue weighted by Gasteiger charge is -2.36. The van der Waals surface area contributed by atoms with Gasteiger partial charge in [-0.2, -0.15) is 0 Å². The van der Waals surface area contributed by atoms with E-state index in [0.29, 0.717) is 0 Å². The molecule has 0 aliphatic carbocycles. The lowest BCUT2D eigenvalue weighted by molar-refractivity contribution is 0.559. The Bertz CT molecular complexity index is 845. The Kier molecular flexibility index (Phi) is 5.16. The van der Waals surface area contributed by atoms with Crippen molar-refractivity contribution >= 4 is 0 Å². The Morgan fingerprint density at radius 2 is 0.741 bits per heavy atom. The lowest BCUT2D eigenvalue weighted by atomic mass is 9.66. The summed E-state index contributed by atoms with van der Waals surface area (Å²) in [5.74, 6) is 0. The van der Waals surface area contributed by atoms with Gasteiger partial charge in [-0.05, 0) is 35.1 Å². The van der Waals surface area contributed by atoms with Gasteiger partial charge in [0.1, 0.15) is 0 Å². The van der Waals surface area contributed by atoms with Gasteiger partial charge in [-0.1, -0.05) is 121 Å². The van der Waals surface area contributed by atoms with Crippen molar-refractivity contribution in [2.45, 2.75) is 18.3 Å². The summed E-state index contributed by atoms with van der Waals surface area (Å²) in [6.45, 7) is 0. The maximum absolute atomic E-state index is 2.27. The first kappa shape index (κ1) is 17.3. The molecule has 0 saturated heterocycles. The average Bonchev–Trinajstić information content (AvgIpc) is 2.77. The Morgan fingerprint density at radius 3 is 1.11 bits per heavy atom. The van der Waals surface area contributed by atoms with Crippen LogP contribution >= 0.6 is 0 Å². The number of hydrogen-bond donors (Lipinski definition) is 0. The van der Waals surface area contributed by atoms with E-state index in [1.165, 1.54) is 22.3 Å². The number of aryl methyl sites for hydroxylation is 1. The normalized spacial score (nSPS) is 11.3. The molecule has 0 saturated carbocycles. The second-order valence-electron chi connectivity index (χ2n) is 6.99. The highest BCUT2D eigenvalue weighted by molar-refractivity contribution is 5.50. The van der Waals surface area contributed by atoms with E-state index in [4.69, 9.17) is 0 Å². The molecule has 0 radical (unpaired) electrons. The minimum absolute atomic E-state index is 0.167. The van der Waals surface area contributed by atoms with E-state index < -0.39 is 0 Å². The summed E-state index contributed by atoms with van der Waals surface area (Å²) in [7, 11) is 0. The highest BCUT2D eigenvalue weighted by Crippen LogP contribution is 2.42. The molecule has 0 spiro atoms. The minimum Gasteiger partial charge on any atom is -0.0622 e. The molecule has 0 bridgehead atoms. The van der Waals surface area contributed by atoms with Crippen molar-refractivity contribution < 1.29 is 0 Å². The predicted molar refractivity (Wildman–Crippen MR) is 114 cm³/mol. The molecule has 0 aliphatic rings. The van der Waals surface area contributed by atoms with Crippen molar-refractivity contribution in [1.82, 2.24) is 0 Å². The Hall–Kier alpha value is -3.12. The zero-order valence-electron chi connectivity index (χ0n) is 15.5. The number of rotatable bonds is 6. The molecule has 0 nitrogen and oxygen atoms in total. The van der Waals surface area contributed by atoms with Crippen LogP contribution in [0.4, 0.5) is 0 Å². The highest BCUT2D eigenvalue weighted by Gasteiger charge is 2.35. The van der Waals surface area contributed by atoms with Crippen molar-refractivity contribution in [3.8, 4) is 0 Å². The van der Waals surface area contributed by atoms with Crippen LogP contribution < -0.4 is 0 Å². The predicted octanol–water partition coefficient (Wildman–Crippen LogP) is 6.65. The molecule has 0 fully saturated rings. The first-order chi connectivity index (χ1) is 13.4. The molecule has 132 valence electrons. The number of benzene rings is 4. The lowest BCUT2D eigenvalue weighted by Crippen LogP contribution is -2.30. The molecule has 0 atom stereocenters. The van der Waals surface area contributed by atoms with Crippen LogP contribution in [-0.2, 0) is 11.8 Å². The zero-order valence-corrected chi connectivity index (χ0v) is 15.5. The van der Waals surface area contributed by atoms with E-state index in [9.17, 15) is 0 Å². The van der Waals surface area contributed by atoms with E-state index in [0.717, 1.165) is 12.8 Å². The summed E-state index contributed by atoms with van der Waals surface area (Å²) in [6.07, 6.45) is 2.05. The van der Waals surface area contributed by atoms with E-state index in [1.54, 1.807) is 0 Å². The largest absolute Gasteiger partial charge is 0.0622 e. The zero-order chi connectivity index (χ0) is 18.4. The van der Waals surface area contributed by atoms with Gasteiger partial charge in [-0.3, -0.25) is 0 Å².